The molecule has 0 atom stereocenters. The highest BCUT2D eigenvalue weighted by Crippen LogP contribution is 2.32. The van der Waals surface area contributed by atoms with Crippen molar-refractivity contribution in [1.82, 2.24) is 0 Å². The maximum atomic E-state index is 12.5. The van der Waals surface area contributed by atoms with Crippen molar-refractivity contribution < 1.29 is 19.1 Å². The SMILES string of the molecule is CC(C)(C)c1ccc(C(=O)Nc2ccc(-c3ccc(C(=O)O)o3)c(Br)c2)cc1. The minimum Gasteiger partial charge on any atom is -0.475 e. The van der Waals surface area contributed by atoms with Crippen molar-refractivity contribution in [2.24, 2.45) is 0 Å². The molecule has 2 aromatic carbocycles. The molecule has 0 saturated carbocycles. The number of aromatic carboxylic acids is 1. The van der Waals surface area contributed by atoms with Crippen LogP contribution in [0.3, 0.4) is 0 Å². The van der Waals surface area contributed by atoms with Crippen molar-refractivity contribution in [1.29, 1.82) is 0 Å². The van der Waals surface area contributed by atoms with Crippen LogP contribution in [0.25, 0.3) is 11.3 Å². The van der Waals surface area contributed by atoms with E-state index >= 15 is 0 Å². The van der Waals surface area contributed by atoms with E-state index in [1.54, 1.807) is 24.3 Å². The van der Waals surface area contributed by atoms with Crippen LogP contribution in [0.15, 0.2) is 63.5 Å². The molecule has 0 bridgehead atoms. The van der Waals surface area contributed by atoms with E-state index in [1.165, 1.54) is 6.07 Å². The van der Waals surface area contributed by atoms with Crippen molar-refractivity contribution >= 4 is 33.5 Å². The Morgan fingerprint density at radius 2 is 1.68 bits per heavy atom. The van der Waals surface area contributed by atoms with Gasteiger partial charge in [0.2, 0.25) is 5.76 Å². The minimum absolute atomic E-state index is 0.0298. The number of rotatable bonds is 4. The van der Waals surface area contributed by atoms with Gasteiger partial charge in [0.1, 0.15) is 5.76 Å². The van der Waals surface area contributed by atoms with Crippen molar-refractivity contribution in [3.8, 4) is 11.3 Å². The summed E-state index contributed by atoms with van der Waals surface area (Å²) in [6.07, 6.45) is 0. The second-order valence-electron chi connectivity index (χ2n) is 7.45. The smallest absolute Gasteiger partial charge is 0.371 e. The van der Waals surface area contributed by atoms with E-state index in [0.29, 0.717) is 27.0 Å². The van der Waals surface area contributed by atoms with E-state index in [-0.39, 0.29) is 17.1 Å². The Morgan fingerprint density at radius 1 is 1.00 bits per heavy atom. The predicted octanol–water partition coefficient (Wildman–Crippen LogP) is 5.96. The van der Waals surface area contributed by atoms with Gasteiger partial charge >= 0.3 is 5.97 Å². The van der Waals surface area contributed by atoms with Gasteiger partial charge < -0.3 is 14.8 Å². The van der Waals surface area contributed by atoms with Gasteiger partial charge in [-0.05, 0) is 69.4 Å². The fourth-order valence-corrected chi connectivity index (χ4v) is 3.29. The second kappa shape index (κ2) is 7.64. The molecule has 0 fully saturated rings. The fraction of sp³-hybridized carbons (Fsp3) is 0.182. The zero-order valence-corrected chi connectivity index (χ0v) is 17.3. The lowest BCUT2D eigenvalue weighted by atomic mass is 9.87. The molecule has 3 aromatic rings. The Bertz CT molecular complexity index is 1030. The third-order valence-corrected chi connectivity index (χ3v) is 4.98. The number of hydrogen-bond acceptors (Lipinski definition) is 3. The summed E-state index contributed by atoms with van der Waals surface area (Å²) in [7, 11) is 0. The van der Waals surface area contributed by atoms with Crippen molar-refractivity contribution in [2.45, 2.75) is 26.2 Å². The molecule has 1 amide bonds. The summed E-state index contributed by atoms with van der Waals surface area (Å²) in [4.78, 5) is 23.5. The van der Waals surface area contributed by atoms with Gasteiger partial charge in [-0.25, -0.2) is 4.79 Å². The van der Waals surface area contributed by atoms with Crippen LogP contribution in [0.1, 0.15) is 47.2 Å². The van der Waals surface area contributed by atoms with Gasteiger partial charge in [-0.3, -0.25) is 4.79 Å². The number of amides is 1. The normalized spacial score (nSPS) is 11.3. The lowest BCUT2D eigenvalue weighted by Crippen LogP contribution is -2.14. The van der Waals surface area contributed by atoms with Gasteiger partial charge in [0, 0.05) is 21.3 Å². The summed E-state index contributed by atoms with van der Waals surface area (Å²) < 4.78 is 6.00. The number of benzene rings is 2. The van der Waals surface area contributed by atoms with Crippen molar-refractivity contribution in [3.05, 3.63) is 76.0 Å². The maximum Gasteiger partial charge on any atom is 0.371 e. The Labute approximate surface area is 171 Å². The Hall–Kier alpha value is -2.86. The number of nitrogens with one attached hydrogen (secondary N) is 1. The first-order valence-electron chi connectivity index (χ1n) is 8.70. The number of carbonyl (C=O) groups excluding carboxylic acids is 1. The molecule has 2 N–H and O–H groups in total. The zero-order chi connectivity index (χ0) is 20.5. The molecule has 6 heteroatoms. The van der Waals surface area contributed by atoms with E-state index < -0.39 is 5.97 Å². The van der Waals surface area contributed by atoms with Crippen molar-refractivity contribution in [2.75, 3.05) is 5.32 Å². The summed E-state index contributed by atoms with van der Waals surface area (Å²) in [5.74, 6) is -1.02. The molecule has 0 saturated heterocycles. The molecular weight excluding hydrogens is 422 g/mol. The summed E-state index contributed by atoms with van der Waals surface area (Å²) in [5.41, 5.74) is 3.08. The molecule has 1 aromatic heterocycles. The maximum absolute atomic E-state index is 12.5. The van der Waals surface area contributed by atoms with E-state index in [9.17, 15) is 9.59 Å². The van der Waals surface area contributed by atoms with Gasteiger partial charge in [0.15, 0.2) is 0 Å². The zero-order valence-electron chi connectivity index (χ0n) is 15.7. The molecule has 0 unspecified atom stereocenters. The molecule has 0 radical (unpaired) electrons. The molecule has 144 valence electrons. The number of halogens is 1. The Kier molecular flexibility index (Phi) is 5.42. The summed E-state index contributed by atoms with van der Waals surface area (Å²) >= 11 is 3.45. The quantitative estimate of drug-likeness (QED) is 0.523. The number of hydrogen-bond donors (Lipinski definition) is 2. The highest BCUT2D eigenvalue weighted by Gasteiger charge is 2.16. The third kappa shape index (κ3) is 4.34. The average molecular weight is 442 g/mol. The Morgan fingerprint density at radius 3 is 2.21 bits per heavy atom. The summed E-state index contributed by atoms with van der Waals surface area (Å²) in [5, 5.41) is 11.8. The number of furan rings is 1. The number of anilines is 1. The molecule has 5 nitrogen and oxygen atoms in total. The standard InChI is InChI=1S/C22H20BrNO4/c1-22(2,3)14-6-4-13(5-7-14)20(25)24-15-8-9-16(17(23)12-15)18-10-11-19(28-18)21(26)27/h4-12H,1-3H3,(H,24,25)(H,26,27). The van der Waals surface area contributed by atoms with Gasteiger partial charge in [-0.15, -0.1) is 0 Å². The average Bonchev–Trinajstić information content (AvgIpc) is 3.11. The molecule has 1 heterocycles. The van der Waals surface area contributed by atoms with E-state index in [0.717, 1.165) is 5.56 Å². The molecular formula is C22H20BrNO4. The lowest BCUT2D eigenvalue weighted by molar-refractivity contribution is 0.0663. The van der Waals surface area contributed by atoms with Crippen LogP contribution in [-0.2, 0) is 5.41 Å². The third-order valence-electron chi connectivity index (χ3n) is 4.32. The molecule has 0 aliphatic rings. The predicted molar refractivity (Wildman–Crippen MR) is 112 cm³/mol. The first-order chi connectivity index (χ1) is 13.1. The van der Waals surface area contributed by atoms with Crippen LogP contribution in [0.4, 0.5) is 5.69 Å². The van der Waals surface area contributed by atoms with Crippen LogP contribution in [0.2, 0.25) is 0 Å². The lowest BCUT2D eigenvalue weighted by Gasteiger charge is -2.19. The minimum atomic E-state index is -1.12. The highest BCUT2D eigenvalue weighted by molar-refractivity contribution is 9.10. The van der Waals surface area contributed by atoms with E-state index in [4.69, 9.17) is 9.52 Å². The Balaban J connectivity index is 1.76. The van der Waals surface area contributed by atoms with Crippen LogP contribution in [0.5, 0.6) is 0 Å². The molecule has 28 heavy (non-hydrogen) atoms. The van der Waals surface area contributed by atoms with Gasteiger partial charge in [0.05, 0.1) is 0 Å². The monoisotopic (exact) mass is 441 g/mol. The molecule has 0 spiro atoms. The number of carboxylic acids is 1. The molecule has 0 aliphatic carbocycles. The highest BCUT2D eigenvalue weighted by atomic mass is 79.9. The van der Waals surface area contributed by atoms with Crippen LogP contribution >= 0.6 is 15.9 Å². The van der Waals surface area contributed by atoms with Gasteiger partial charge in [-0.1, -0.05) is 32.9 Å². The van der Waals surface area contributed by atoms with Gasteiger partial charge in [-0.2, -0.15) is 0 Å². The van der Waals surface area contributed by atoms with Crippen LogP contribution in [0, 0.1) is 0 Å². The number of carboxylic acid groups (broad SMARTS) is 1. The molecule has 3 rings (SSSR count). The summed E-state index contributed by atoms with van der Waals surface area (Å²) in [6, 6.07) is 15.8. The number of carbonyl (C=O) groups is 2. The van der Waals surface area contributed by atoms with E-state index in [1.807, 2.05) is 24.3 Å². The topological polar surface area (TPSA) is 79.5 Å². The second-order valence-corrected chi connectivity index (χ2v) is 8.30. The van der Waals surface area contributed by atoms with E-state index in [2.05, 4.69) is 42.0 Å². The van der Waals surface area contributed by atoms with Crippen molar-refractivity contribution in [3.63, 3.8) is 0 Å². The first kappa shape index (κ1) is 19.9. The van der Waals surface area contributed by atoms with Gasteiger partial charge in [0.25, 0.3) is 5.91 Å². The molecule has 0 aliphatic heterocycles. The van der Waals surface area contributed by atoms with Crippen LogP contribution in [-0.4, -0.2) is 17.0 Å². The largest absolute Gasteiger partial charge is 0.475 e. The summed E-state index contributed by atoms with van der Waals surface area (Å²) in [6.45, 7) is 6.37. The first-order valence-corrected chi connectivity index (χ1v) is 9.49. The van der Waals surface area contributed by atoms with Crippen LogP contribution < -0.4 is 5.32 Å². The fourth-order valence-electron chi connectivity index (χ4n) is 2.72.